The maximum Gasteiger partial charge on any atom is 0.0541 e. The van der Waals surface area contributed by atoms with Crippen molar-refractivity contribution in [2.45, 2.75) is 20.8 Å². The van der Waals surface area contributed by atoms with E-state index in [1.807, 2.05) is 13.8 Å². The summed E-state index contributed by atoms with van der Waals surface area (Å²) < 4.78 is 2.37. The van der Waals surface area contributed by atoms with Crippen LogP contribution < -0.4 is 0 Å². The zero-order valence-corrected chi connectivity index (χ0v) is 20.0. The third kappa shape index (κ3) is 3.91. The molecule has 0 radical (unpaired) electrons. The molecule has 0 bridgehead atoms. The van der Waals surface area contributed by atoms with Crippen molar-refractivity contribution >= 4 is 21.8 Å². The minimum Gasteiger partial charge on any atom is -0.309 e. The second kappa shape index (κ2) is 9.41. The van der Waals surface area contributed by atoms with Gasteiger partial charge in [-0.25, -0.2) is 0 Å². The Morgan fingerprint density at radius 2 is 0.941 bits per heavy atom. The van der Waals surface area contributed by atoms with Crippen LogP contribution >= 0.6 is 0 Å². The van der Waals surface area contributed by atoms with Gasteiger partial charge in [0.15, 0.2) is 0 Å². The molecule has 0 atom stereocenters. The summed E-state index contributed by atoms with van der Waals surface area (Å²) in [6.45, 7) is 6.15. The Morgan fingerprint density at radius 1 is 0.441 bits per heavy atom. The van der Waals surface area contributed by atoms with Crippen molar-refractivity contribution in [1.29, 1.82) is 0 Å². The van der Waals surface area contributed by atoms with E-state index in [2.05, 4.69) is 133 Å². The summed E-state index contributed by atoms with van der Waals surface area (Å²) in [4.78, 5) is 0. The van der Waals surface area contributed by atoms with Crippen LogP contribution in [0.3, 0.4) is 0 Å². The highest BCUT2D eigenvalue weighted by atomic mass is 15.0. The zero-order valence-electron chi connectivity index (χ0n) is 20.0. The molecule has 0 aliphatic rings. The van der Waals surface area contributed by atoms with Crippen molar-refractivity contribution in [2.75, 3.05) is 0 Å². The van der Waals surface area contributed by atoms with E-state index < -0.39 is 0 Å². The maximum atomic E-state index is 2.37. The SMILES string of the molecule is CC.Cc1cccc(-c2ccc3c(c2)c2cc(-c4ccccc4)ccc2n3-c2ccccc2)c1. The van der Waals surface area contributed by atoms with Gasteiger partial charge in [0.2, 0.25) is 0 Å². The Labute approximate surface area is 201 Å². The molecule has 1 heterocycles. The molecular weight excluding hydrogens is 410 g/mol. The molecule has 5 aromatic carbocycles. The normalized spacial score (nSPS) is 10.8. The Hall–Kier alpha value is -4.10. The molecule has 0 amide bonds. The zero-order chi connectivity index (χ0) is 23.5. The summed E-state index contributed by atoms with van der Waals surface area (Å²) in [6.07, 6.45) is 0. The van der Waals surface area contributed by atoms with E-state index >= 15 is 0 Å². The summed E-state index contributed by atoms with van der Waals surface area (Å²) in [5, 5.41) is 2.56. The first-order valence-corrected chi connectivity index (χ1v) is 12.0. The summed E-state index contributed by atoms with van der Waals surface area (Å²) in [5.41, 5.74) is 9.91. The van der Waals surface area contributed by atoms with E-state index in [-0.39, 0.29) is 0 Å². The number of hydrogen-bond acceptors (Lipinski definition) is 0. The first-order chi connectivity index (χ1) is 16.8. The van der Waals surface area contributed by atoms with Gasteiger partial charge in [0, 0.05) is 16.5 Å². The molecule has 0 saturated heterocycles. The van der Waals surface area contributed by atoms with Crippen molar-refractivity contribution < 1.29 is 0 Å². The number of rotatable bonds is 3. The molecule has 34 heavy (non-hydrogen) atoms. The first-order valence-electron chi connectivity index (χ1n) is 12.0. The topological polar surface area (TPSA) is 4.93 Å². The molecule has 0 saturated carbocycles. The number of nitrogens with zero attached hydrogens (tertiary/aromatic N) is 1. The summed E-state index contributed by atoms with van der Waals surface area (Å²) in [7, 11) is 0. The highest BCUT2D eigenvalue weighted by Gasteiger charge is 2.14. The predicted octanol–water partition coefficient (Wildman–Crippen LogP) is 9.45. The lowest BCUT2D eigenvalue weighted by Crippen LogP contribution is -1.93. The Bertz CT molecular complexity index is 1560. The van der Waals surface area contributed by atoms with Crippen LogP contribution in [0.4, 0.5) is 0 Å². The van der Waals surface area contributed by atoms with Gasteiger partial charge in [0.25, 0.3) is 0 Å². The largest absolute Gasteiger partial charge is 0.309 e. The van der Waals surface area contributed by atoms with E-state index in [0.717, 1.165) is 0 Å². The smallest absolute Gasteiger partial charge is 0.0541 e. The van der Waals surface area contributed by atoms with Gasteiger partial charge in [-0.1, -0.05) is 104 Å². The number of hydrogen-bond donors (Lipinski definition) is 0. The minimum atomic E-state index is 1.18. The van der Waals surface area contributed by atoms with Crippen LogP contribution in [0.2, 0.25) is 0 Å². The number of fused-ring (bicyclic) bond motifs is 3. The van der Waals surface area contributed by atoms with Gasteiger partial charge in [0.05, 0.1) is 11.0 Å². The number of para-hydroxylation sites is 1. The van der Waals surface area contributed by atoms with Crippen LogP contribution in [0.25, 0.3) is 49.7 Å². The van der Waals surface area contributed by atoms with Crippen LogP contribution in [-0.4, -0.2) is 4.57 Å². The molecule has 0 aliphatic carbocycles. The van der Waals surface area contributed by atoms with E-state index in [9.17, 15) is 0 Å². The second-order valence-electron chi connectivity index (χ2n) is 8.37. The Kier molecular flexibility index (Phi) is 6.01. The van der Waals surface area contributed by atoms with E-state index in [4.69, 9.17) is 0 Å². The predicted molar refractivity (Wildman–Crippen MR) is 148 cm³/mol. The number of aromatic nitrogens is 1. The lowest BCUT2D eigenvalue weighted by molar-refractivity contribution is 1.18. The van der Waals surface area contributed by atoms with Gasteiger partial charge >= 0.3 is 0 Å². The highest BCUT2D eigenvalue weighted by Crippen LogP contribution is 2.37. The standard InChI is InChI=1S/C31H23N.C2H6/c1-22-9-8-12-24(19-22)26-16-18-31-29(21-26)28-20-25(23-10-4-2-5-11-23)15-17-30(28)32(31)27-13-6-3-7-14-27;1-2/h2-21H,1H3;1-2H3. The average molecular weight is 440 g/mol. The molecule has 1 aromatic heterocycles. The van der Waals surface area contributed by atoms with Crippen molar-refractivity contribution in [1.82, 2.24) is 4.57 Å². The van der Waals surface area contributed by atoms with E-state index in [1.54, 1.807) is 0 Å². The minimum absolute atomic E-state index is 1.18. The molecule has 6 rings (SSSR count). The molecule has 0 aliphatic heterocycles. The first kappa shape index (κ1) is 21.7. The third-order valence-electron chi connectivity index (χ3n) is 6.24. The molecular formula is C33H29N. The molecule has 0 spiro atoms. The quantitative estimate of drug-likeness (QED) is 0.259. The van der Waals surface area contributed by atoms with Crippen LogP contribution in [0.1, 0.15) is 19.4 Å². The van der Waals surface area contributed by atoms with Crippen molar-refractivity contribution in [2.24, 2.45) is 0 Å². The van der Waals surface area contributed by atoms with Crippen molar-refractivity contribution in [3.63, 3.8) is 0 Å². The molecule has 1 nitrogen and oxygen atoms in total. The second-order valence-corrected chi connectivity index (χ2v) is 8.37. The maximum absolute atomic E-state index is 2.37. The molecule has 166 valence electrons. The Morgan fingerprint density at radius 3 is 1.53 bits per heavy atom. The monoisotopic (exact) mass is 439 g/mol. The fraction of sp³-hybridized carbons (Fsp3) is 0.0909. The molecule has 6 aromatic rings. The van der Waals surface area contributed by atoms with Crippen molar-refractivity contribution in [3.8, 4) is 27.9 Å². The fourth-order valence-corrected chi connectivity index (χ4v) is 4.69. The molecule has 0 fully saturated rings. The van der Waals surface area contributed by atoms with Gasteiger partial charge < -0.3 is 4.57 Å². The lowest BCUT2D eigenvalue weighted by Gasteiger charge is -2.08. The third-order valence-corrected chi connectivity index (χ3v) is 6.24. The summed E-state index contributed by atoms with van der Waals surface area (Å²) >= 11 is 0. The fourth-order valence-electron chi connectivity index (χ4n) is 4.69. The number of benzene rings is 5. The Balaban J connectivity index is 0.00000117. The molecule has 1 heteroatoms. The van der Waals surface area contributed by atoms with E-state index in [1.165, 1.54) is 55.3 Å². The molecule has 0 unspecified atom stereocenters. The van der Waals surface area contributed by atoms with Gasteiger partial charge in [-0.3, -0.25) is 0 Å². The summed E-state index contributed by atoms with van der Waals surface area (Å²) in [6, 6.07) is 43.7. The lowest BCUT2D eigenvalue weighted by atomic mass is 9.99. The summed E-state index contributed by atoms with van der Waals surface area (Å²) in [5.74, 6) is 0. The van der Waals surface area contributed by atoms with Gasteiger partial charge in [-0.05, 0) is 65.6 Å². The molecule has 0 N–H and O–H groups in total. The van der Waals surface area contributed by atoms with Crippen LogP contribution in [0, 0.1) is 6.92 Å². The van der Waals surface area contributed by atoms with Gasteiger partial charge in [-0.15, -0.1) is 0 Å². The van der Waals surface area contributed by atoms with Crippen LogP contribution in [0.5, 0.6) is 0 Å². The van der Waals surface area contributed by atoms with E-state index in [0.29, 0.717) is 0 Å². The highest BCUT2D eigenvalue weighted by molar-refractivity contribution is 6.11. The van der Waals surface area contributed by atoms with Gasteiger partial charge in [-0.2, -0.15) is 0 Å². The average Bonchev–Trinajstić information content (AvgIpc) is 3.24. The van der Waals surface area contributed by atoms with Gasteiger partial charge in [0.1, 0.15) is 0 Å². The van der Waals surface area contributed by atoms with Crippen molar-refractivity contribution in [3.05, 3.63) is 127 Å². The van der Waals surface area contributed by atoms with Crippen LogP contribution in [-0.2, 0) is 0 Å². The van der Waals surface area contributed by atoms with Crippen LogP contribution in [0.15, 0.2) is 121 Å². The number of aryl methyl sites for hydroxylation is 1.